The fraction of sp³-hybridized carbons (Fsp3) is 0.692. The van der Waals surface area contributed by atoms with Crippen molar-refractivity contribution in [3.05, 3.63) is 11.3 Å². The van der Waals surface area contributed by atoms with Crippen LogP contribution in [-0.4, -0.2) is 18.3 Å². The smallest absolute Gasteiger partial charge is 0.353 e. The van der Waals surface area contributed by atoms with E-state index in [0.717, 1.165) is 5.70 Å². The molecule has 1 aliphatic rings. The quantitative estimate of drug-likeness (QED) is 0.675. The number of esters is 1. The molecule has 1 rings (SSSR count). The van der Waals surface area contributed by atoms with Gasteiger partial charge in [-0.3, -0.25) is 0 Å². The first-order chi connectivity index (χ1) is 7.29. The van der Waals surface area contributed by atoms with Crippen LogP contribution in [-0.2, 0) is 9.53 Å². The molecule has 1 aliphatic heterocycles. The highest BCUT2D eigenvalue weighted by molar-refractivity contribution is 6.38. The normalized spacial score (nSPS) is 21.1. The lowest BCUT2D eigenvalue weighted by atomic mass is 9.78. The van der Waals surface area contributed by atoms with Crippen molar-refractivity contribution in [3.8, 4) is 0 Å². The Labute approximate surface area is 97.6 Å². The number of hydrogen-bond donors (Lipinski definition) is 0. The second-order valence-corrected chi connectivity index (χ2v) is 5.19. The van der Waals surface area contributed by atoms with Gasteiger partial charge in [0.05, 0.1) is 6.61 Å². The molecule has 90 valence electrons. The predicted octanol–water partition coefficient (Wildman–Crippen LogP) is 2.96. The van der Waals surface area contributed by atoms with Crippen molar-refractivity contribution in [2.75, 3.05) is 6.61 Å². The van der Waals surface area contributed by atoms with Crippen LogP contribution in [0.1, 0.15) is 41.5 Å². The second kappa shape index (κ2) is 4.40. The van der Waals surface area contributed by atoms with Crippen molar-refractivity contribution in [2.24, 2.45) is 16.3 Å². The molecule has 0 fully saturated rings. The number of ether oxygens (including phenoxy) is 1. The minimum absolute atomic E-state index is 0.0429. The number of hydrogen-bond acceptors (Lipinski definition) is 3. The molecule has 0 aromatic heterocycles. The molecule has 0 bridgehead atoms. The summed E-state index contributed by atoms with van der Waals surface area (Å²) in [4.78, 5) is 16.1. The number of carbonyl (C=O) groups excluding carboxylic acids is 1. The van der Waals surface area contributed by atoms with E-state index in [1.165, 1.54) is 5.57 Å². The molecule has 16 heavy (non-hydrogen) atoms. The summed E-state index contributed by atoms with van der Waals surface area (Å²) >= 11 is 0. The Hall–Kier alpha value is -1.12. The third-order valence-corrected chi connectivity index (χ3v) is 2.81. The molecule has 0 aliphatic carbocycles. The van der Waals surface area contributed by atoms with E-state index < -0.39 is 0 Å². The van der Waals surface area contributed by atoms with Gasteiger partial charge in [-0.2, -0.15) is 0 Å². The van der Waals surface area contributed by atoms with Crippen molar-refractivity contribution in [1.82, 2.24) is 0 Å². The first-order valence-electron chi connectivity index (χ1n) is 5.76. The minimum atomic E-state index is -0.284. The van der Waals surface area contributed by atoms with Crippen molar-refractivity contribution >= 4 is 11.7 Å². The average Bonchev–Trinajstić information content (AvgIpc) is 2.41. The molecule has 0 N–H and O–H groups in total. The van der Waals surface area contributed by atoms with Crippen LogP contribution < -0.4 is 0 Å². The third kappa shape index (κ3) is 2.34. The lowest BCUT2D eigenvalue weighted by Crippen LogP contribution is -2.26. The van der Waals surface area contributed by atoms with Gasteiger partial charge in [0.2, 0.25) is 0 Å². The summed E-state index contributed by atoms with van der Waals surface area (Å²) in [7, 11) is 0. The van der Waals surface area contributed by atoms with E-state index in [-0.39, 0.29) is 17.3 Å². The van der Waals surface area contributed by atoms with Crippen LogP contribution in [0, 0.1) is 11.3 Å². The molecule has 0 radical (unpaired) electrons. The molecule has 1 unspecified atom stereocenters. The molecule has 0 aromatic carbocycles. The molecule has 0 saturated heterocycles. The summed E-state index contributed by atoms with van der Waals surface area (Å²) in [6.45, 7) is 12.6. The Balaban J connectivity index is 2.95. The zero-order valence-corrected chi connectivity index (χ0v) is 11.0. The van der Waals surface area contributed by atoms with Gasteiger partial charge in [0.15, 0.2) is 0 Å². The van der Waals surface area contributed by atoms with Gasteiger partial charge >= 0.3 is 5.97 Å². The van der Waals surface area contributed by atoms with Gasteiger partial charge in [-0.05, 0) is 24.8 Å². The zero-order chi connectivity index (χ0) is 12.5. The number of aliphatic imine (C=N–C) groups is 1. The maximum Gasteiger partial charge on any atom is 0.353 e. The van der Waals surface area contributed by atoms with Crippen LogP contribution in [0.15, 0.2) is 16.3 Å². The lowest BCUT2D eigenvalue weighted by Gasteiger charge is -2.25. The maximum atomic E-state index is 11.7. The van der Waals surface area contributed by atoms with Gasteiger partial charge in [-0.1, -0.05) is 27.7 Å². The highest BCUT2D eigenvalue weighted by Crippen LogP contribution is 2.39. The van der Waals surface area contributed by atoms with E-state index in [0.29, 0.717) is 12.3 Å². The third-order valence-electron chi connectivity index (χ3n) is 2.81. The van der Waals surface area contributed by atoms with E-state index in [9.17, 15) is 4.79 Å². The van der Waals surface area contributed by atoms with Crippen LogP contribution >= 0.6 is 0 Å². The first-order valence-corrected chi connectivity index (χ1v) is 5.76. The average molecular weight is 223 g/mol. The molecule has 0 amide bonds. The molecule has 1 atom stereocenters. The fourth-order valence-corrected chi connectivity index (χ4v) is 2.41. The monoisotopic (exact) mass is 223 g/mol. The van der Waals surface area contributed by atoms with E-state index in [2.05, 4.69) is 25.8 Å². The van der Waals surface area contributed by atoms with E-state index in [1.807, 2.05) is 20.8 Å². The highest BCUT2D eigenvalue weighted by atomic mass is 16.5. The van der Waals surface area contributed by atoms with Crippen molar-refractivity contribution in [2.45, 2.75) is 41.5 Å². The van der Waals surface area contributed by atoms with E-state index in [1.54, 1.807) is 0 Å². The first kappa shape index (κ1) is 12.9. The van der Waals surface area contributed by atoms with Crippen molar-refractivity contribution in [1.29, 1.82) is 0 Å². The van der Waals surface area contributed by atoms with Gasteiger partial charge in [-0.25, -0.2) is 9.79 Å². The zero-order valence-electron chi connectivity index (χ0n) is 11.0. The summed E-state index contributed by atoms with van der Waals surface area (Å²) in [5, 5.41) is 0. The Bertz CT molecular complexity index is 359. The molecular formula is C13H21NO2. The number of carbonyl (C=O) groups is 1. The van der Waals surface area contributed by atoms with Gasteiger partial charge in [-0.15, -0.1) is 0 Å². The molecule has 3 nitrogen and oxygen atoms in total. The lowest BCUT2D eigenvalue weighted by molar-refractivity contribution is -0.135. The Morgan fingerprint density at radius 3 is 2.38 bits per heavy atom. The van der Waals surface area contributed by atoms with E-state index in [4.69, 9.17) is 4.74 Å². The van der Waals surface area contributed by atoms with Gasteiger partial charge < -0.3 is 4.74 Å². The Morgan fingerprint density at radius 1 is 1.44 bits per heavy atom. The van der Waals surface area contributed by atoms with Gasteiger partial charge in [0, 0.05) is 11.6 Å². The second-order valence-electron chi connectivity index (χ2n) is 5.19. The maximum absolute atomic E-state index is 11.7. The van der Waals surface area contributed by atoms with Crippen LogP contribution in [0.5, 0.6) is 0 Å². The molecule has 0 saturated carbocycles. The topological polar surface area (TPSA) is 38.7 Å². The van der Waals surface area contributed by atoms with Crippen LogP contribution in [0.25, 0.3) is 0 Å². The number of nitrogens with zero attached hydrogens (tertiary/aromatic N) is 1. The molecular weight excluding hydrogens is 202 g/mol. The van der Waals surface area contributed by atoms with Crippen LogP contribution in [0.2, 0.25) is 0 Å². The van der Waals surface area contributed by atoms with Gasteiger partial charge in [0.1, 0.15) is 5.71 Å². The van der Waals surface area contributed by atoms with Gasteiger partial charge in [0.25, 0.3) is 0 Å². The number of rotatable bonds is 2. The molecule has 3 heteroatoms. The largest absolute Gasteiger partial charge is 0.461 e. The van der Waals surface area contributed by atoms with E-state index >= 15 is 0 Å². The summed E-state index contributed by atoms with van der Waals surface area (Å²) in [5.41, 5.74) is 2.78. The summed E-state index contributed by atoms with van der Waals surface area (Å²) in [5.74, 6) is -0.215. The predicted molar refractivity (Wildman–Crippen MR) is 65.4 cm³/mol. The summed E-state index contributed by atoms with van der Waals surface area (Å²) < 4.78 is 5.01. The Morgan fingerprint density at radius 2 is 2.00 bits per heavy atom. The standard InChI is InChI=1S/C13H21NO2/c1-7-16-12(15)11-8(2)10(9(3)14-11)13(4,5)6/h8H,7H2,1-6H3. The highest BCUT2D eigenvalue weighted by Gasteiger charge is 2.35. The van der Waals surface area contributed by atoms with Crippen LogP contribution in [0.4, 0.5) is 0 Å². The van der Waals surface area contributed by atoms with Crippen molar-refractivity contribution in [3.63, 3.8) is 0 Å². The summed E-state index contributed by atoms with van der Waals surface area (Å²) in [6.07, 6.45) is 0. The van der Waals surface area contributed by atoms with Crippen molar-refractivity contribution < 1.29 is 9.53 Å². The molecule has 1 heterocycles. The SMILES string of the molecule is CCOC(=O)C1=NC(C)=C(C(C)(C)C)C1C. The Kier molecular flexibility index (Phi) is 3.56. The summed E-state index contributed by atoms with van der Waals surface area (Å²) in [6, 6.07) is 0. The molecule has 0 aromatic rings. The minimum Gasteiger partial charge on any atom is -0.461 e. The molecule has 0 spiro atoms. The van der Waals surface area contributed by atoms with Crippen LogP contribution in [0.3, 0.4) is 0 Å². The number of allylic oxidation sites excluding steroid dienone is 2. The fourth-order valence-electron chi connectivity index (χ4n) is 2.41.